The summed E-state index contributed by atoms with van der Waals surface area (Å²) in [5.41, 5.74) is -2.87. The number of carbonyl (C=O) groups is 2. The van der Waals surface area contributed by atoms with Gasteiger partial charge in [-0.2, -0.15) is 31.4 Å². The topological polar surface area (TPSA) is 111 Å². The molecule has 4 rings (SSSR count). The standard InChI is InChI=1S/C34H44F6N6O4/c1-6-26-13-28(14-27(7-2)46(26)31(49)50-20-32(3,4)9-8-29(47)48)45(30-41-15-22(16-42-30)23-17-43-44(5)19-23)18-21-10-24(33(35,36)37)12-25(11-21)34(38,39)40/h10-12,15-17,23,26-28H,6-9,13-14,18-20H2,1-5H3,(H,47,48)/t23?,26-,27+,28?. The minimum atomic E-state index is -5.01. The first-order chi connectivity index (χ1) is 23.3. The van der Waals surface area contributed by atoms with Gasteiger partial charge in [-0.1, -0.05) is 27.7 Å². The fourth-order valence-corrected chi connectivity index (χ4v) is 6.48. The molecule has 0 radical (unpaired) electrons. The van der Waals surface area contributed by atoms with Crippen LogP contribution >= 0.6 is 0 Å². The normalized spacial score (nSPS) is 21.4. The second-order valence-electron chi connectivity index (χ2n) is 13.8. The van der Waals surface area contributed by atoms with Gasteiger partial charge in [0.15, 0.2) is 0 Å². The number of carboxylic acids is 1. The van der Waals surface area contributed by atoms with Crippen molar-refractivity contribution in [2.24, 2.45) is 10.5 Å². The predicted molar refractivity (Wildman–Crippen MR) is 174 cm³/mol. The number of likely N-dealkylation sites (N-methyl/N-ethyl adjacent to an activating group) is 1. The van der Waals surface area contributed by atoms with Gasteiger partial charge >= 0.3 is 24.4 Å². The number of hydrogen-bond acceptors (Lipinski definition) is 8. The van der Waals surface area contributed by atoms with E-state index in [4.69, 9.17) is 9.84 Å². The molecule has 16 heteroatoms. The van der Waals surface area contributed by atoms with E-state index in [1.807, 2.05) is 34.7 Å². The molecule has 1 fully saturated rings. The van der Waals surface area contributed by atoms with E-state index < -0.39 is 47.0 Å². The molecule has 0 saturated carbocycles. The molecule has 0 spiro atoms. The van der Waals surface area contributed by atoms with Crippen LogP contribution in [0.3, 0.4) is 0 Å². The Labute approximate surface area is 287 Å². The molecule has 1 aromatic carbocycles. The Bertz CT molecular complexity index is 1470. The lowest BCUT2D eigenvalue weighted by atomic mass is 9.87. The number of nitrogens with zero attached hydrogens (tertiary/aromatic N) is 6. The van der Waals surface area contributed by atoms with Crippen LogP contribution in [0.4, 0.5) is 37.1 Å². The van der Waals surface area contributed by atoms with Crippen molar-refractivity contribution >= 4 is 24.2 Å². The van der Waals surface area contributed by atoms with E-state index in [1.165, 1.54) is 0 Å². The van der Waals surface area contributed by atoms with Crippen LogP contribution in [0.15, 0.2) is 35.7 Å². The van der Waals surface area contributed by atoms with Crippen molar-refractivity contribution in [3.8, 4) is 0 Å². The van der Waals surface area contributed by atoms with Gasteiger partial charge in [0, 0.05) is 69.2 Å². The van der Waals surface area contributed by atoms with Crippen molar-refractivity contribution in [3.63, 3.8) is 0 Å². The van der Waals surface area contributed by atoms with Crippen LogP contribution in [0.1, 0.15) is 94.4 Å². The van der Waals surface area contributed by atoms with E-state index in [1.54, 1.807) is 33.4 Å². The second-order valence-corrected chi connectivity index (χ2v) is 13.8. The Morgan fingerprint density at radius 3 is 1.98 bits per heavy atom. The number of alkyl halides is 6. The Morgan fingerprint density at radius 1 is 0.960 bits per heavy atom. The molecule has 2 aromatic rings. The van der Waals surface area contributed by atoms with Gasteiger partial charge in [-0.3, -0.25) is 9.80 Å². The number of ether oxygens (including phenoxy) is 1. The lowest BCUT2D eigenvalue weighted by molar-refractivity contribution is -0.143. The minimum Gasteiger partial charge on any atom is -0.481 e. The summed E-state index contributed by atoms with van der Waals surface area (Å²) in [6.45, 7) is 7.63. The van der Waals surface area contributed by atoms with Gasteiger partial charge in [0.1, 0.15) is 0 Å². The van der Waals surface area contributed by atoms with Crippen molar-refractivity contribution in [2.45, 2.75) is 109 Å². The number of anilines is 1. The summed E-state index contributed by atoms with van der Waals surface area (Å²) in [6, 6.07) is 0.311. The molecule has 2 aliphatic rings. The third-order valence-corrected chi connectivity index (χ3v) is 9.32. The highest BCUT2D eigenvalue weighted by atomic mass is 19.4. The van der Waals surface area contributed by atoms with Gasteiger partial charge in [-0.25, -0.2) is 14.8 Å². The van der Waals surface area contributed by atoms with Gasteiger partial charge in [0.25, 0.3) is 0 Å². The number of piperidine rings is 1. The molecule has 1 aromatic heterocycles. The third-order valence-electron chi connectivity index (χ3n) is 9.32. The van der Waals surface area contributed by atoms with Crippen molar-refractivity contribution in [2.75, 3.05) is 25.1 Å². The molecule has 276 valence electrons. The highest BCUT2D eigenvalue weighted by Crippen LogP contribution is 2.38. The Kier molecular flexibility index (Phi) is 11.9. The Hall–Kier alpha value is -4.11. The van der Waals surface area contributed by atoms with Crippen LogP contribution < -0.4 is 4.90 Å². The van der Waals surface area contributed by atoms with Gasteiger partial charge in [0.2, 0.25) is 5.95 Å². The fraction of sp³-hybridized carbons (Fsp3) is 0.618. The van der Waals surface area contributed by atoms with Crippen LogP contribution in [0.5, 0.6) is 0 Å². The average Bonchev–Trinajstić information content (AvgIpc) is 3.49. The SMILES string of the molecule is CC[C@@H]1CC(N(Cc2cc(C(F)(F)F)cc(C(F)(F)F)c2)c2ncc(C3C=NN(C)C3)cn2)C[C@H](CC)N1C(=O)OCC(C)(C)CCC(=O)O. The minimum absolute atomic E-state index is 0.00317. The molecule has 3 heterocycles. The maximum Gasteiger partial charge on any atom is 0.416 e. The molecular weight excluding hydrogens is 670 g/mol. The number of aromatic nitrogens is 2. The summed E-state index contributed by atoms with van der Waals surface area (Å²) in [5.74, 6) is -0.905. The van der Waals surface area contributed by atoms with Crippen LogP contribution in [0, 0.1) is 5.41 Å². The molecule has 0 aliphatic carbocycles. The number of rotatable bonds is 12. The van der Waals surface area contributed by atoms with E-state index in [0.29, 0.717) is 50.8 Å². The number of hydrazone groups is 1. The molecule has 0 bridgehead atoms. The van der Waals surface area contributed by atoms with Gasteiger partial charge in [0.05, 0.1) is 17.7 Å². The van der Waals surface area contributed by atoms with Crippen molar-refractivity contribution in [1.29, 1.82) is 0 Å². The number of benzene rings is 1. The highest BCUT2D eigenvalue weighted by molar-refractivity contribution is 5.70. The number of halogens is 6. The molecule has 2 unspecified atom stereocenters. The predicted octanol–water partition coefficient (Wildman–Crippen LogP) is 7.58. The maximum absolute atomic E-state index is 13.8. The van der Waals surface area contributed by atoms with E-state index in [9.17, 15) is 35.9 Å². The van der Waals surface area contributed by atoms with E-state index in [2.05, 4.69) is 15.1 Å². The lowest BCUT2D eigenvalue weighted by Gasteiger charge is -2.47. The summed E-state index contributed by atoms with van der Waals surface area (Å²) in [6.07, 6.45) is -3.80. The summed E-state index contributed by atoms with van der Waals surface area (Å²) >= 11 is 0. The first kappa shape index (κ1) is 38.7. The van der Waals surface area contributed by atoms with Gasteiger partial charge in [-0.15, -0.1) is 0 Å². The number of amides is 1. The van der Waals surface area contributed by atoms with E-state index in [0.717, 1.165) is 5.56 Å². The zero-order valence-corrected chi connectivity index (χ0v) is 28.8. The molecule has 50 heavy (non-hydrogen) atoms. The monoisotopic (exact) mass is 714 g/mol. The maximum atomic E-state index is 13.8. The van der Waals surface area contributed by atoms with Crippen molar-refractivity contribution < 1.29 is 45.8 Å². The molecular formula is C34H44F6N6O4. The first-order valence-corrected chi connectivity index (χ1v) is 16.6. The number of likely N-dealkylation sites (tertiary alicyclic amines) is 1. The zero-order valence-electron chi connectivity index (χ0n) is 28.8. The Balaban J connectivity index is 1.67. The first-order valence-electron chi connectivity index (χ1n) is 16.6. The summed E-state index contributed by atoms with van der Waals surface area (Å²) in [4.78, 5) is 37.0. The van der Waals surface area contributed by atoms with E-state index in [-0.39, 0.29) is 55.2 Å². The zero-order chi connectivity index (χ0) is 37.0. The quantitative estimate of drug-likeness (QED) is 0.224. The lowest BCUT2D eigenvalue weighted by Crippen LogP contribution is -2.57. The Morgan fingerprint density at radius 2 is 1.52 bits per heavy atom. The number of carboxylic acid groups (broad SMARTS) is 1. The number of aliphatic carboxylic acids is 1. The largest absolute Gasteiger partial charge is 0.481 e. The van der Waals surface area contributed by atoms with Crippen LogP contribution in [-0.2, 0) is 28.4 Å². The van der Waals surface area contributed by atoms with Crippen LogP contribution in [0.25, 0.3) is 0 Å². The van der Waals surface area contributed by atoms with E-state index >= 15 is 0 Å². The summed E-state index contributed by atoms with van der Waals surface area (Å²) < 4.78 is 88.5. The number of hydrogen-bond donors (Lipinski definition) is 1. The van der Waals surface area contributed by atoms with Crippen molar-refractivity contribution in [1.82, 2.24) is 19.9 Å². The molecule has 1 saturated heterocycles. The molecule has 4 atom stereocenters. The third kappa shape index (κ3) is 9.77. The van der Waals surface area contributed by atoms with Gasteiger partial charge in [-0.05, 0) is 66.8 Å². The summed E-state index contributed by atoms with van der Waals surface area (Å²) in [5, 5.41) is 15.1. The molecule has 2 aliphatic heterocycles. The molecule has 1 N–H and O–H groups in total. The summed E-state index contributed by atoms with van der Waals surface area (Å²) in [7, 11) is 1.81. The fourth-order valence-electron chi connectivity index (χ4n) is 6.48. The average molecular weight is 715 g/mol. The van der Waals surface area contributed by atoms with Crippen LogP contribution in [0.2, 0.25) is 0 Å². The van der Waals surface area contributed by atoms with Gasteiger partial charge < -0.3 is 19.6 Å². The molecule has 10 nitrogen and oxygen atoms in total. The van der Waals surface area contributed by atoms with Crippen LogP contribution in [-0.4, -0.2) is 81.6 Å². The number of carbonyl (C=O) groups excluding carboxylic acids is 1. The highest BCUT2D eigenvalue weighted by Gasteiger charge is 2.42. The smallest absolute Gasteiger partial charge is 0.416 e. The van der Waals surface area contributed by atoms with Crippen molar-refractivity contribution in [3.05, 3.63) is 52.8 Å². The molecule has 1 amide bonds. The second kappa shape index (κ2) is 15.4.